The molecule has 0 unspecified atom stereocenters. The van der Waals surface area contributed by atoms with Crippen molar-refractivity contribution in [1.82, 2.24) is 0 Å². The van der Waals surface area contributed by atoms with Crippen molar-refractivity contribution in [2.24, 2.45) is 22.7 Å². The van der Waals surface area contributed by atoms with E-state index in [0.29, 0.717) is 17.9 Å². The number of esters is 2. The Bertz CT molecular complexity index is 672. The maximum Gasteiger partial charge on any atom is 0.330 e. The van der Waals surface area contributed by atoms with Crippen LogP contribution in [0.25, 0.3) is 0 Å². The number of carbonyl (C=O) groups is 3. The Morgan fingerprint density at radius 1 is 1.25 bits per heavy atom. The van der Waals surface area contributed by atoms with E-state index in [1.165, 1.54) is 33.0 Å². The van der Waals surface area contributed by atoms with E-state index < -0.39 is 5.97 Å². The van der Waals surface area contributed by atoms with E-state index in [9.17, 15) is 14.4 Å². The monoisotopic (exact) mass is 390 g/mol. The van der Waals surface area contributed by atoms with Crippen LogP contribution in [0.3, 0.4) is 0 Å². The molecule has 0 bridgehead atoms. The van der Waals surface area contributed by atoms with E-state index >= 15 is 0 Å². The summed E-state index contributed by atoms with van der Waals surface area (Å²) in [5.41, 5.74) is 1.90. The largest absolute Gasteiger partial charge is 0.466 e. The van der Waals surface area contributed by atoms with Gasteiger partial charge in [0.1, 0.15) is 12.9 Å². The van der Waals surface area contributed by atoms with Gasteiger partial charge in [-0.3, -0.25) is 9.59 Å². The quantitative estimate of drug-likeness (QED) is 0.366. The number of hydrogen-bond donors (Lipinski definition) is 0. The molecule has 0 aromatic rings. The predicted octanol–water partition coefficient (Wildman–Crippen LogP) is 4.41. The molecule has 5 heteroatoms. The minimum absolute atomic E-state index is 0.0601. The molecule has 0 aliphatic heterocycles. The number of aldehydes is 1. The Balaban J connectivity index is 2.24. The van der Waals surface area contributed by atoms with Gasteiger partial charge in [-0.2, -0.15) is 0 Å². The van der Waals surface area contributed by atoms with Crippen LogP contribution in [0.15, 0.2) is 23.3 Å². The topological polar surface area (TPSA) is 69.7 Å². The zero-order valence-electron chi connectivity index (χ0n) is 17.9. The summed E-state index contributed by atoms with van der Waals surface area (Å²) >= 11 is 0. The summed E-state index contributed by atoms with van der Waals surface area (Å²) in [6.07, 6.45) is 10.3. The van der Waals surface area contributed by atoms with Crippen molar-refractivity contribution in [3.63, 3.8) is 0 Å². The van der Waals surface area contributed by atoms with Crippen LogP contribution >= 0.6 is 0 Å². The second-order valence-electron chi connectivity index (χ2n) is 9.16. The van der Waals surface area contributed by atoms with Gasteiger partial charge >= 0.3 is 11.9 Å². The lowest BCUT2D eigenvalue weighted by Crippen LogP contribution is -2.48. The van der Waals surface area contributed by atoms with Crippen LogP contribution in [-0.4, -0.2) is 31.9 Å². The second-order valence-corrected chi connectivity index (χ2v) is 9.16. The highest BCUT2D eigenvalue weighted by molar-refractivity contribution is 5.82. The van der Waals surface area contributed by atoms with E-state index in [0.717, 1.165) is 31.1 Å². The lowest BCUT2D eigenvalue weighted by Gasteiger charge is -2.56. The Hall–Kier alpha value is -1.91. The van der Waals surface area contributed by atoms with Crippen molar-refractivity contribution in [3.05, 3.63) is 23.3 Å². The summed E-state index contributed by atoms with van der Waals surface area (Å²) in [5.74, 6) is -0.173. The Morgan fingerprint density at radius 2 is 1.96 bits per heavy atom. The molecule has 5 nitrogen and oxygen atoms in total. The number of ether oxygens (including phenoxy) is 2. The number of hydrogen-bond acceptors (Lipinski definition) is 5. The predicted molar refractivity (Wildman–Crippen MR) is 107 cm³/mol. The molecule has 3 atom stereocenters. The number of methoxy groups -OCH3 is 1. The summed E-state index contributed by atoms with van der Waals surface area (Å²) < 4.78 is 9.84. The van der Waals surface area contributed by atoms with Crippen LogP contribution in [0.5, 0.6) is 0 Å². The highest BCUT2D eigenvalue weighted by Gasteiger charge is 2.52. The van der Waals surface area contributed by atoms with Gasteiger partial charge in [0.15, 0.2) is 0 Å². The number of fused-ring (bicyclic) bond motifs is 1. The smallest absolute Gasteiger partial charge is 0.330 e. The van der Waals surface area contributed by atoms with Crippen LogP contribution in [0, 0.1) is 22.7 Å². The third-order valence-corrected chi connectivity index (χ3v) is 6.94. The molecule has 0 radical (unpaired) electrons. The first-order valence-corrected chi connectivity index (χ1v) is 10.2. The first-order valence-electron chi connectivity index (χ1n) is 10.2. The summed E-state index contributed by atoms with van der Waals surface area (Å²) in [7, 11) is 1.33. The molecule has 0 spiro atoms. The number of allylic oxidation sites excluding steroid dienone is 2. The zero-order chi connectivity index (χ0) is 20.9. The van der Waals surface area contributed by atoms with Gasteiger partial charge < -0.3 is 9.47 Å². The van der Waals surface area contributed by atoms with Gasteiger partial charge in [-0.1, -0.05) is 33.3 Å². The maximum absolute atomic E-state index is 11.8. The zero-order valence-corrected chi connectivity index (χ0v) is 17.9. The van der Waals surface area contributed by atoms with Gasteiger partial charge in [0.2, 0.25) is 0 Å². The molecule has 156 valence electrons. The Labute approximate surface area is 168 Å². The molecule has 2 rings (SSSR count). The summed E-state index contributed by atoms with van der Waals surface area (Å²) in [6, 6.07) is 0. The fourth-order valence-electron chi connectivity index (χ4n) is 5.51. The van der Waals surface area contributed by atoms with Crippen molar-refractivity contribution in [1.29, 1.82) is 0 Å². The summed E-state index contributed by atoms with van der Waals surface area (Å²) in [5, 5.41) is 0. The van der Waals surface area contributed by atoms with Crippen molar-refractivity contribution >= 4 is 18.2 Å². The van der Waals surface area contributed by atoms with Crippen LogP contribution in [0.2, 0.25) is 0 Å². The Morgan fingerprint density at radius 3 is 2.57 bits per heavy atom. The highest BCUT2D eigenvalue weighted by atomic mass is 16.5. The number of carbonyl (C=O) groups excluding carboxylic acids is 3. The van der Waals surface area contributed by atoms with Gasteiger partial charge in [-0.15, -0.1) is 0 Å². The normalized spacial score (nSPS) is 29.3. The van der Waals surface area contributed by atoms with Crippen LogP contribution < -0.4 is 0 Å². The molecule has 0 saturated heterocycles. The van der Waals surface area contributed by atoms with Crippen LogP contribution in [-0.2, 0) is 23.9 Å². The lowest BCUT2D eigenvalue weighted by molar-refractivity contribution is -0.140. The molecule has 2 aliphatic rings. The van der Waals surface area contributed by atoms with Gasteiger partial charge in [0.25, 0.3) is 0 Å². The first kappa shape index (κ1) is 22.4. The van der Waals surface area contributed by atoms with Crippen LogP contribution in [0.4, 0.5) is 0 Å². The average molecular weight is 391 g/mol. The molecule has 0 amide bonds. The van der Waals surface area contributed by atoms with Gasteiger partial charge in [-0.25, -0.2) is 4.79 Å². The van der Waals surface area contributed by atoms with E-state index in [4.69, 9.17) is 9.47 Å². The first-order chi connectivity index (χ1) is 13.1. The minimum atomic E-state index is -0.458. The van der Waals surface area contributed by atoms with Crippen LogP contribution in [0.1, 0.15) is 66.2 Å². The standard InChI is InChI=1S/C23H34O5/c1-16(25)28-15-17(13-21(26)27-5)7-9-19-18(14-24)8-10-20-22(2,3)11-6-12-23(19,20)4/h8,13-14,19-20H,6-7,9-12,15H2,1-5H3/b17-13+/t19-,20-,23-/m1/s1. The second kappa shape index (κ2) is 9.06. The molecule has 0 aromatic heterocycles. The van der Waals surface area contributed by atoms with Crippen molar-refractivity contribution < 1.29 is 23.9 Å². The molecule has 1 saturated carbocycles. The fourth-order valence-corrected chi connectivity index (χ4v) is 5.51. The van der Waals surface area contributed by atoms with E-state index in [1.54, 1.807) is 0 Å². The van der Waals surface area contributed by atoms with E-state index in [2.05, 4.69) is 26.8 Å². The SMILES string of the molecule is COC(=O)/C=C(\CC[C@@H]1C(C=O)=CC[C@@H]2C(C)(C)CCC[C@]12C)COC(C)=O. The average Bonchev–Trinajstić information content (AvgIpc) is 2.62. The Kier molecular flexibility index (Phi) is 7.24. The molecule has 28 heavy (non-hydrogen) atoms. The van der Waals surface area contributed by atoms with E-state index in [1.807, 2.05) is 0 Å². The molecule has 0 aromatic carbocycles. The molecule has 2 aliphatic carbocycles. The van der Waals surface area contributed by atoms with Gasteiger partial charge in [-0.05, 0) is 65.9 Å². The fraction of sp³-hybridized carbons (Fsp3) is 0.696. The van der Waals surface area contributed by atoms with Crippen molar-refractivity contribution in [2.45, 2.75) is 66.2 Å². The third-order valence-electron chi connectivity index (χ3n) is 6.94. The van der Waals surface area contributed by atoms with Gasteiger partial charge in [0, 0.05) is 13.0 Å². The minimum Gasteiger partial charge on any atom is -0.466 e. The van der Waals surface area contributed by atoms with E-state index in [-0.39, 0.29) is 29.3 Å². The summed E-state index contributed by atoms with van der Waals surface area (Å²) in [6.45, 7) is 8.43. The van der Waals surface area contributed by atoms with Crippen molar-refractivity contribution in [3.8, 4) is 0 Å². The molecule has 0 heterocycles. The lowest BCUT2D eigenvalue weighted by atomic mass is 9.48. The molecular weight excluding hydrogens is 356 g/mol. The number of rotatable bonds is 7. The summed E-state index contributed by atoms with van der Waals surface area (Å²) in [4.78, 5) is 34.7. The maximum atomic E-state index is 11.8. The molecule has 1 fully saturated rings. The third kappa shape index (κ3) is 4.92. The highest BCUT2D eigenvalue weighted by Crippen LogP contribution is 2.60. The van der Waals surface area contributed by atoms with Crippen molar-refractivity contribution in [2.75, 3.05) is 13.7 Å². The van der Waals surface area contributed by atoms with Gasteiger partial charge in [0.05, 0.1) is 7.11 Å². The molecule has 0 N–H and O–H groups in total. The molecular formula is C23H34O5.